The molecule has 0 saturated carbocycles. The molecule has 0 aromatic carbocycles. The van der Waals surface area contributed by atoms with Gasteiger partial charge in [0.1, 0.15) is 6.29 Å². The molecule has 0 heterocycles. The highest BCUT2D eigenvalue weighted by Gasteiger charge is 2.17. The second-order valence-electron chi connectivity index (χ2n) is 3.10. The van der Waals surface area contributed by atoms with Gasteiger partial charge in [-0.3, -0.25) is 9.80 Å². The Labute approximate surface area is 86.0 Å². The molecule has 0 fully saturated rings. The quantitative estimate of drug-likeness (QED) is 0.458. The Morgan fingerprint density at radius 1 is 0.923 bits per heavy atom. The maximum absolute atomic E-state index is 3.50. The minimum absolute atomic E-state index is 0.455. The summed E-state index contributed by atoms with van der Waals surface area (Å²) in [5, 5.41) is 0. The van der Waals surface area contributed by atoms with E-state index in [4.69, 9.17) is 0 Å². The average Bonchev–Trinajstić information content (AvgIpc) is 2.18. The van der Waals surface area contributed by atoms with Crippen molar-refractivity contribution in [3.63, 3.8) is 0 Å². The van der Waals surface area contributed by atoms with Crippen molar-refractivity contribution in [2.24, 2.45) is 0 Å². The first kappa shape index (κ1) is 13.1. The zero-order chi connectivity index (χ0) is 10.3. The minimum Gasteiger partial charge on any atom is -0.319 e. The second kappa shape index (κ2) is 7.50. The normalized spacial score (nSPS) is 12.2. The third-order valence-corrected chi connectivity index (χ3v) is 3.09. The van der Waals surface area contributed by atoms with Gasteiger partial charge in [0.15, 0.2) is 0 Å². The maximum atomic E-state index is 3.50. The van der Waals surface area contributed by atoms with E-state index in [0.29, 0.717) is 6.29 Å². The molecule has 0 aliphatic carbocycles. The summed E-state index contributed by atoms with van der Waals surface area (Å²) >= 11 is 0. The van der Waals surface area contributed by atoms with Crippen LogP contribution in [0.2, 0.25) is 0 Å². The summed E-state index contributed by atoms with van der Waals surface area (Å²) in [5.41, 5.74) is 0. The van der Waals surface area contributed by atoms with Gasteiger partial charge in [0.05, 0.1) is 10.4 Å². The standard InChI is InChI=1S/C9H25N3Si/c1-5-11(6-2)9(10-13)12(7-3)8-4/h9-10H,5-8H2,1-4,13H3. The van der Waals surface area contributed by atoms with Gasteiger partial charge >= 0.3 is 0 Å². The molecule has 0 atom stereocenters. The van der Waals surface area contributed by atoms with Crippen LogP contribution in [0.25, 0.3) is 0 Å². The van der Waals surface area contributed by atoms with Gasteiger partial charge in [-0.05, 0) is 26.2 Å². The smallest absolute Gasteiger partial charge is 0.110 e. The number of nitrogens with zero attached hydrogens (tertiary/aromatic N) is 2. The van der Waals surface area contributed by atoms with Gasteiger partial charge < -0.3 is 4.98 Å². The predicted molar refractivity (Wildman–Crippen MR) is 62.7 cm³/mol. The lowest BCUT2D eigenvalue weighted by atomic mass is 10.4. The van der Waals surface area contributed by atoms with E-state index in [1.165, 1.54) is 0 Å². The highest BCUT2D eigenvalue weighted by Crippen LogP contribution is 2.01. The lowest BCUT2D eigenvalue weighted by Crippen LogP contribution is -2.55. The molecule has 0 radical (unpaired) electrons. The first-order valence-electron chi connectivity index (χ1n) is 5.40. The zero-order valence-corrected chi connectivity index (χ0v) is 11.8. The van der Waals surface area contributed by atoms with Gasteiger partial charge in [-0.1, -0.05) is 27.7 Å². The molecule has 0 spiro atoms. The molecule has 0 bridgehead atoms. The summed E-state index contributed by atoms with van der Waals surface area (Å²) in [7, 11) is 1.05. The van der Waals surface area contributed by atoms with Crippen LogP contribution in [0.1, 0.15) is 27.7 Å². The molecular weight excluding hydrogens is 178 g/mol. The molecule has 0 aliphatic heterocycles. The first-order valence-corrected chi connectivity index (χ1v) is 6.40. The Hall–Kier alpha value is 0.0969. The second-order valence-corrected chi connectivity index (χ2v) is 3.68. The van der Waals surface area contributed by atoms with E-state index in [2.05, 4.69) is 42.5 Å². The van der Waals surface area contributed by atoms with Crippen molar-refractivity contribution in [3.8, 4) is 0 Å². The molecular formula is C9H25N3Si. The highest BCUT2D eigenvalue weighted by atomic mass is 28.2. The van der Waals surface area contributed by atoms with Gasteiger partial charge in [0.2, 0.25) is 0 Å². The first-order chi connectivity index (χ1) is 6.24. The van der Waals surface area contributed by atoms with Crippen molar-refractivity contribution in [2.45, 2.75) is 34.0 Å². The van der Waals surface area contributed by atoms with Crippen molar-refractivity contribution in [1.82, 2.24) is 14.8 Å². The number of nitrogens with one attached hydrogen (secondary N) is 1. The zero-order valence-electron chi connectivity index (χ0n) is 9.80. The molecule has 1 N–H and O–H groups in total. The molecule has 0 aliphatic rings. The lowest BCUT2D eigenvalue weighted by molar-refractivity contribution is 0.0487. The van der Waals surface area contributed by atoms with Crippen molar-refractivity contribution < 1.29 is 0 Å². The summed E-state index contributed by atoms with van der Waals surface area (Å²) in [4.78, 5) is 8.41. The Morgan fingerprint density at radius 3 is 1.38 bits per heavy atom. The van der Waals surface area contributed by atoms with Crippen molar-refractivity contribution in [1.29, 1.82) is 0 Å². The average molecular weight is 203 g/mol. The topological polar surface area (TPSA) is 18.5 Å². The maximum Gasteiger partial charge on any atom is 0.110 e. The Morgan fingerprint density at radius 2 is 1.23 bits per heavy atom. The summed E-state index contributed by atoms with van der Waals surface area (Å²) in [6, 6.07) is 0. The molecule has 4 heteroatoms. The fourth-order valence-corrected chi connectivity index (χ4v) is 2.47. The van der Waals surface area contributed by atoms with Crippen LogP contribution < -0.4 is 4.98 Å². The molecule has 0 rings (SSSR count). The van der Waals surface area contributed by atoms with E-state index in [9.17, 15) is 0 Å². The molecule has 0 saturated heterocycles. The van der Waals surface area contributed by atoms with E-state index in [-0.39, 0.29) is 0 Å². The number of hydrogen-bond donors (Lipinski definition) is 1. The lowest BCUT2D eigenvalue weighted by Gasteiger charge is -2.37. The number of hydrogen-bond acceptors (Lipinski definition) is 3. The molecule has 0 aromatic rings. The molecule has 0 amide bonds. The largest absolute Gasteiger partial charge is 0.319 e. The van der Waals surface area contributed by atoms with E-state index in [0.717, 1.165) is 36.6 Å². The van der Waals surface area contributed by atoms with Crippen LogP contribution in [-0.4, -0.2) is 52.7 Å². The van der Waals surface area contributed by atoms with Gasteiger partial charge in [0.25, 0.3) is 0 Å². The van der Waals surface area contributed by atoms with E-state index in [1.54, 1.807) is 0 Å². The predicted octanol–water partition coefficient (Wildman–Crippen LogP) is -0.176. The summed E-state index contributed by atoms with van der Waals surface area (Å²) < 4.78 is 0. The fourth-order valence-electron chi connectivity index (χ4n) is 1.74. The molecule has 0 aromatic heterocycles. The van der Waals surface area contributed by atoms with Crippen LogP contribution in [0.4, 0.5) is 0 Å². The summed E-state index contributed by atoms with van der Waals surface area (Å²) in [6.45, 7) is 13.4. The van der Waals surface area contributed by atoms with Crippen LogP contribution >= 0.6 is 0 Å². The Balaban J connectivity index is 4.26. The summed E-state index contributed by atoms with van der Waals surface area (Å²) in [6.07, 6.45) is 0.455. The molecule has 80 valence electrons. The van der Waals surface area contributed by atoms with Crippen molar-refractivity contribution in [3.05, 3.63) is 0 Å². The fraction of sp³-hybridized carbons (Fsp3) is 1.00. The minimum atomic E-state index is 0.455. The molecule has 0 unspecified atom stereocenters. The third kappa shape index (κ3) is 3.77. The summed E-state index contributed by atoms with van der Waals surface area (Å²) in [5.74, 6) is 0. The van der Waals surface area contributed by atoms with Crippen LogP contribution in [0.3, 0.4) is 0 Å². The molecule has 3 nitrogen and oxygen atoms in total. The monoisotopic (exact) mass is 203 g/mol. The SMILES string of the molecule is CCN(CC)C(N[SiH3])N(CC)CC. The van der Waals surface area contributed by atoms with Crippen LogP contribution in [-0.2, 0) is 0 Å². The van der Waals surface area contributed by atoms with Gasteiger partial charge in [-0.2, -0.15) is 0 Å². The van der Waals surface area contributed by atoms with Crippen LogP contribution in [0.5, 0.6) is 0 Å². The molecule has 13 heavy (non-hydrogen) atoms. The Kier molecular flexibility index (Phi) is 7.55. The van der Waals surface area contributed by atoms with Crippen molar-refractivity contribution in [2.75, 3.05) is 26.2 Å². The van der Waals surface area contributed by atoms with Gasteiger partial charge in [-0.15, -0.1) is 0 Å². The van der Waals surface area contributed by atoms with Crippen LogP contribution in [0.15, 0.2) is 0 Å². The van der Waals surface area contributed by atoms with Crippen molar-refractivity contribution >= 4 is 10.4 Å². The van der Waals surface area contributed by atoms with Crippen LogP contribution in [0, 0.1) is 0 Å². The number of rotatable bonds is 7. The third-order valence-electron chi connectivity index (χ3n) is 2.57. The van der Waals surface area contributed by atoms with E-state index < -0.39 is 0 Å². The van der Waals surface area contributed by atoms with E-state index in [1.807, 2.05) is 0 Å². The highest BCUT2D eigenvalue weighted by molar-refractivity contribution is 6.04. The van der Waals surface area contributed by atoms with Gasteiger partial charge in [-0.25, -0.2) is 0 Å². The van der Waals surface area contributed by atoms with Gasteiger partial charge in [0, 0.05) is 0 Å². The van der Waals surface area contributed by atoms with E-state index >= 15 is 0 Å². The Bertz CT molecular complexity index is 101.